The van der Waals surface area contributed by atoms with Crippen LogP contribution in [0.15, 0.2) is 53.0 Å². The van der Waals surface area contributed by atoms with Crippen molar-refractivity contribution in [1.29, 1.82) is 0 Å². The maximum atomic E-state index is 11.9. The highest BCUT2D eigenvalue weighted by Crippen LogP contribution is 2.16. The molecule has 0 aliphatic heterocycles. The van der Waals surface area contributed by atoms with Gasteiger partial charge in [-0.1, -0.05) is 34.1 Å². The third-order valence-corrected chi connectivity index (χ3v) is 4.27. The second-order valence-electron chi connectivity index (χ2n) is 5.83. The number of carbonyl (C=O) groups is 2. The molecule has 0 radical (unpaired) electrons. The van der Waals surface area contributed by atoms with E-state index >= 15 is 0 Å². The van der Waals surface area contributed by atoms with E-state index in [0.29, 0.717) is 38.1 Å². The molecule has 5 nitrogen and oxygen atoms in total. The summed E-state index contributed by atoms with van der Waals surface area (Å²) in [6, 6.07) is 14.9. The number of ether oxygens (including phenoxy) is 1. The first kappa shape index (κ1) is 20.0. The van der Waals surface area contributed by atoms with Gasteiger partial charge in [0.05, 0.1) is 6.61 Å². The molecule has 6 heteroatoms. The maximum absolute atomic E-state index is 11.9. The number of para-hydroxylation sites is 1. The molecule has 0 aromatic heterocycles. The number of hydrogen-bond acceptors (Lipinski definition) is 3. The molecule has 0 bridgehead atoms. The zero-order chi connectivity index (χ0) is 18.8. The molecule has 0 aliphatic carbocycles. The zero-order valence-corrected chi connectivity index (χ0v) is 16.3. The lowest BCUT2D eigenvalue weighted by Gasteiger charge is -2.09. The Balaban J connectivity index is 1.55. The third kappa shape index (κ3) is 6.88. The minimum absolute atomic E-state index is 0.0451. The molecule has 2 aromatic rings. The van der Waals surface area contributed by atoms with Crippen LogP contribution in [0.25, 0.3) is 0 Å². The van der Waals surface area contributed by atoms with Crippen LogP contribution in [0.3, 0.4) is 0 Å². The summed E-state index contributed by atoms with van der Waals surface area (Å²) in [5, 5.41) is 5.57. The van der Waals surface area contributed by atoms with Gasteiger partial charge in [-0.2, -0.15) is 0 Å². The van der Waals surface area contributed by atoms with Crippen molar-refractivity contribution in [2.45, 2.75) is 19.8 Å². The Morgan fingerprint density at radius 1 is 1.00 bits per heavy atom. The van der Waals surface area contributed by atoms with Crippen molar-refractivity contribution in [1.82, 2.24) is 10.6 Å². The van der Waals surface area contributed by atoms with E-state index in [0.717, 1.165) is 15.8 Å². The summed E-state index contributed by atoms with van der Waals surface area (Å²) in [6.45, 7) is 3.28. The molecule has 138 valence electrons. The highest BCUT2D eigenvalue weighted by molar-refractivity contribution is 9.10. The van der Waals surface area contributed by atoms with E-state index in [1.807, 2.05) is 43.3 Å². The molecule has 2 rings (SSSR count). The van der Waals surface area contributed by atoms with Gasteiger partial charge in [-0.05, 0) is 49.2 Å². The van der Waals surface area contributed by atoms with Crippen LogP contribution in [0.4, 0.5) is 0 Å². The molecule has 26 heavy (non-hydrogen) atoms. The largest absolute Gasteiger partial charge is 0.493 e. The van der Waals surface area contributed by atoms with Crippen LogP contribution < -0.4 is 15.4 Å². The van der Waals surface area contributed by atoms with Crippen LogP contribution in [-0.2, 0) is 4.79 Å². The van der Waals surface area contributed by atoms with Crippen molar-refractivity contribution in [2.75, 3.05) is 19.7 Å². The quantitative estimate of drug-likeness (QED) is 0.612. The van der Waals surface area contributed by atoms with Crippen molar-refractivity contribution in [3.8, 4) is 5.75 Å². The van der Waals surface area contributed by atoms with Gasteiger partial charge in [0.1, 0.15) is 5.75 Å². The van der Waals surface area contributed by atoms with Crippen LogP contribution in [0.5, 0.6) is 5.75 Å². The van der Waals surface area contributed by atoms with Gasteiger partial charge in [0.2, 0.25) is 5.91 Å². The highest BCUT2D eigenvalue weighted by Gasteiger charge is 2.05. The molecule has 0 saturated heterocycles. The first-order chi connectivity index (χ1) is 12.6. The molecular weight excluding hydrogens is 396 g/mol. The van der Waals surface area contributed by atoms with Gasteiger partial charge < -0.3 is 15.4 Å². The normalized spacial score (nSPS) is 10.2. The molecule has 2 N–H and O–H groups in total. The number of aryl methyl sites for hydroxylation is 1. The molecule has 0 atom stereocenters. The molecule has 0 spiro atoms. The molecule has 0 saturated carbocycles. The molecule has 0 fully saturated rings. The number of carbonyl (C=O) groups excluding carboxylic acids is 2. The van der Waals surface area contributed by atoms with E-state index in [-0.39, 0.29) is 11.8 Å². The monoisotopic (exact) mass is 418 g/mol. The first-order valence-corrected chi connectivity index (χ1v) is 9.34. The molecular formula is C20H23BrN2O3. The Bertz CT molecular complexity index is 732. The van der Waals surface area contributed by atoms with E-state index in [4.69, 9.17) is 4.74 Å². The molecule has 0 unspecified atom stereocenters. The van der Waals surface area contributed by atoms with Crippen molar-refractivity contribution in [2.24, 2.45) is 0 Å². The van der Waals surface area contributed by atoms with Gasteiger partial charge in [0.25, 0.3) is 5.91 Å². The Morgan fingerprint density at radius 3 is 2.42 bits per heavy atom. The summed E-state index contributed by atoms with van der Waals surface area (Å²) >= 11 is 3.33. The Labute approximate surface area is 162 Å². The predicted molar refractivity (Wildman–Crippen MR) is 105 cm³/mol. The topological polar surface area (TPSA) is 67.4 Å². The highest BCUT2D eigenvalue weighted by atomic mass is 79.9. The number of benzene rings is 2. The maximum Gasteiger partial charge on any atom is 0.251 e. The number of halogens is 1. The van der Waals surface area contributed by atoms with E-state index < -0.39 is 0 Å². The third-order valence-electron chi connectivity index (χ3n) is 3.74. The van der Waals surface area contributed by atoms with Gasteiger partial charge in [0, 0.05) is 29.5 Å². The van der Waals surface area contributed by atoms with E-state index in [2.05, 4.69) is 26.6 Å². The number of hydrogen-bond donors (Lipinski definition) is 2. The summed E-state index contributed by atoms with van der Waals surface area (Å²) in [5.74, 6) is 0.651. The van der Waals surface area contributed by atoms with Crippen LogP contribution in [-0.4, -0.2) is 31.5 Å². The molecule has 0 aliphatic rings. The summed E-state index contributed by atoms with van der Waals surface area (Å²) in [6.07, 6.45) is 1.04. The minimum Gasteiger partial charge on any atom is -0.493 e. The van der Waals surface area contributed by atoms with Crippen molar-refractivity contribution in [3.05, 3.63) is 64.1 Å². The molecule has 0 heterocycles. The van der Waals surface area contributed by atoms with Gasteiger partial charge >= 0.3 is 0 Å². The summed E-state index contributed by atoms with van der Waals surface area (Å²) in [5.41, 5.74) is 1.67. The van der Waals surface area contributed by atoms with E-state index in [1.54, 1.807) is 12.1 Å². The number of amides is 2. The Morgan fingerprint density at radius 2 is 1.69 bits per heavy atom. The fourth-order valence-electron chi connectivity index (χ4n) is 2.30. The average molecular weight is 419 g/mol. The molecule has 2 amide bonds. The van der Waals surface area contributed by atoms with Crippen molar-refractivity contribution < 1.29 is 14.3 Å². The second kappa shape index (κ2) is 10.6. The van der Waals surface area contributed by atoms with Crippen LogP contribution >= 0.6 is 15.9 Å². The lowest BCUT2D eigenvalue weighted by molar-refractivity contribution is -0.121. The summed E-state index contributed by atoms with van der Waals surface area (Å²) in [7, 11) is 0. The zero-order valence-electron chi connectivity index (χ0n) is 14.8. The lowest BCUT2D eigenvalue weighted by Crippen LogP contribution is -2.34. The lowest BCUT2D eigenvalue weighted by atomic mass is 10.2. The van der Waals surface area contributed by atoms with Crippen LogP contribution in [0.2, 0.25) is 0 Å². The number of rotatable bonds is 9. The fourth-order valence-corrected chi connectivity index (χ4v) is 2.57. The van der Waals surface area contributed by atoms with Crippen molar-refractivity contribution >= 4 is 27.7 Å². The van der Waals surface area contributed by atoms with Gasteiger partial charge in [0.15, 0.2) is 0 Å². The summed E-state index contributed by atoms with van der Waals surface area (Å²) < 4.78 is 6.59. The number of nitrogens with one attached hydrogen (secondary N) is 2. The van der Waals surface area contributed by atoms with Gasteiger partial charge in [-0.25, -0.2) is 0 Å². The minimum atomic E-state index is -0.154. The first-order valence-electron chi connectivity index (χ1n) is 8.55. The SMILES string of the molecule is Cc1ccccc1OCCCC(=O)NCCNC(=O)c1ccc(Br)cc1. The van der Waals surface area contributed by atoms with Crippen LogP contribution in [0.1, 0.15) is 28.8 Å². The van der Waals surface area contributed by atoms with Gasteiger partial charge in [-0.3, -0.25) is 9.59 Å². The Hall–Kier alpha value is -2.34. The summed E-state index contributed by atoms with van der Waals surface area (Å²) in [4.78, 5) is 23.7. The average Bonchev–Trinajstić information content (AvgIpc) is 2.64. The standard InChI is InChI=1S/C20H23BrN2O3/c1-15-5-2-3-6-18(15)26-14-4-7-19(24)22-12-13-23-20(25)16-8-10-17(21)11-9-16/h2-3,5-6,8-11H,4,7,12-14H2,1H3,(H,22,24)(H,23,25). The second-order valence-corrected chi connectivity index (χ2v) is 6.75. The predicted octanol–water partition coefficient (Wildman–Crippen LogP) is 3.46. The Kier molecular flexibility index (Phi) is 8.15. The fraction of sp³-hybridized carbons (Fsp3) is 0.300. The van der Waals surface area contributed by atoms with Crippen LogP contribution in [0, 0.1) is 6.92 Å². The van der Waals surface area contributed by atoms with E-state index in [9.17, 15) is 9.59 Å². The van der Waals surface area contributed by atoms with Gasteiger partial charge in [-0.15, -0.1) is 0 Å². The van der Waals surface area contributed by atoms with E-state index in [1.165, 1.54) is 0 Å². The smallest absolute Gasteiger partial charge is 0.251 e. The van der Waals surface area contributed by atoms with Crippen molar-refractivity contribution in [3.63, 3.8) is 0 Å². The molecule has 2 aromatic carbocycles.